The van der Waals surface area contributed by atoms with E-state index in [0.717, 1.165) is 65.5 Å². The second-order valence-corrected chi connectivity index (χ2v) is 11.7. The topological polar surface area (TPSA) is 26.3 Å². The Balaban J connectivity index is 1.53. The molecule has 1 aliphatic carbocycles. The number of unbranched alkanes of at least 4 members (excludes halogenated alkanes) is 2. The molecular formula is C40H35F3O2. The molecule has 1 unspecified atom stereocenters. The Morgan fingerprint density at radius 3 is 2.02 bits per heavy atom. The number of rotatable bonds is 10. The van der Waals surface area contributed by atoms with Crippen molar-refractivity contribution in [1.29, 1.82) is 0 Å². The smallest absolute Gasteiger partial charge is 0.417 e. The molecule has 0 aromatic heterocycles. The van der Waals surface area contributed by atoms with Crippen LogP contribution in [0.2, 0.25) is 0 Å². The normalized spacial score (nSPS) is 15.6. The van der Waals surface area contributed by atoms with Gasteiger partial charge in [-0.1, -0.05) is 123 Å². The Morgan fingerprint density at radius 2 is 1.40 bits per heavy atom. The van der Waals surface area contributed by atoms with E-state index in [9.17, 15) is 18.0 Å². The van der Waals surface area contributed by atoms with Gasteiger partial charge in [0.15, 0.2) is 0 Å². The summed E-state index contributed by atoms with van der Waals surface area (Å²) in [6.07, 6.45) is 0.760. The van der Waals surface area contributed by atoms with Crippen molar-refractivity contribution in [3.8, 4) is 22.3 Å². The number of alkyl halides is 3. The molecule has 2 nitrogen and oxygen atoms in total. The maximum Gasteiger partial charge on any atom is 0.417 e. The second-order valence-electron chi connectivity index (χ2n) is 11.7. The maximum atomic E-state index is 14.6. The Hall–Kier alpha value is -4.64. The van der Waals surface area contributed by atoms with E-state index in [1.165, 1.54) is 11.6 Å². The predicted molar refractivity (Wildman–Crippen MR) is 177 cm³/mol. The van der Waals surface area contributed by atoms with E-state index >= 15 is 0 Å². The molecule has 0 fully saturated rings. The number of esters is 1. The highest BCUT2D eigenvalue weighted by molar-refractivity contribution is 6.15. The van der Waals surface area contributed by atoms with E-state index in [1.54, 1.807) is 48.5 Å². The summed E-state index contributed by atoms with van der Waals surface area (Å²) in [4.78, 5) is 11.5. The van der Waals surface area contributed by atoms with Gasteiger partial charge in [0.1, 0.15) is 0 Å². The van der Waals surface area contributed by atoms with Crippen LogP contribution in [0.5, 0.6) is 0 Å². The quantitative estimate of drug-likeness (QED) is 0.0521. The maximum absolute atomic E-state index is 14.6. The van der Waals surface area contributed by atoms with E-state index in [4.69, 9.17) is 4.74 Å². The number of carbonyl (C=O) groups is 1. The molecule has 0 amide bonds. The molecule has 0 N–H and O–H groups in total. The summed E-state index contributed by atoms with van der Waals surface area (Å²) in [5, 5.41) is 1.55. The lowest BCUT2D eigenvalue weighted by Gasteiger charge is -2.35. The van der Waals surface area contributed by atoms with Gasteiger partial charge in [0.05, 0.1) is 12.2 Å². The van der Waals surface area contributed by atoms with Gasteiger partial charge < -0.3 is 4.74 Å². The molecule has 5 aromatic rings. The molecule has 0 aliphatic heterocycles. The highest BCUT2D eigenvalue weighted by Gasteiger charge is 2.44. The fourth-order valence-corrected chi connectivity index (χ4v) is 7.30. The summed E-state index contributed by atoms with van der Waals surface area (Å²) in [6, 6.07) is 28.5. The third kappa shape index (κ3) is 5.14. The molecule has 0 radical (unpaired) electrons. The average molecular weight is 605 g/mol. The average Bonchev–Trinajstić information content (AvgIpc) is 3.33. The minimum Gasteiger partial charge on any atom is -0.463 e. The zero-order valence-electron chi connectivity index (χ0n) is 25.3. The predicted octanol–water partition coefficient (Wildman–Crippen LogP) is 11.2. The molecule has 1 aliphatic rings. The van der Waals surface area contributed by atoms with Crippen LogP contribution >= 0.6 is 0 Å². The molecule has 0 bridgehead atoms. The van der Waals surface area contributed by atoms with Gasteiger partial charge in [0.25, 0.3) is 0 Å². The number of fused-ring (bicyclic) bond motifs is 5. The van der Waals surface area contributed by atoms with Crippen molar-refractivity contribution in [3.63, 3.8) is 0 Å². The van der Waals surface area contributed by atoms with E-state index in [-0.39, 0.29) is 10.8 Å². The number of hydrogen-bond acceptors (Lipinski definition) is 2. The van der Waals surface area contributed by atoms with Crippen molar-refractivity contribution in [3.05, 3.63) is 132 Å². The molecule has 5 heteroatoms. The van der Waals surface area contributed by atoms with Gasteiger partial charge in [-0.15, -0.1) is 0 Å². The van der Waals surface area contributed by atoms with E-state index in [2.05, 4.69) is 56.5 Å². The molecule has 0 saturated carbocycles. The summed E-state index contributed by atoms with van der Waals surface area (Å²) in [7, 11) is 0. The van der Waals surface area contributed by atoms with Gasteiger partial charge in [0, 0.05) is 11.5 Å². The van der Waals surface area contributed by atoms with Crippen LogP contribution in [-0.2, 0) is 21.1 Å². The lowest BCUT2D eigenvalue weighted by Crippen LogP contribution is -2.27. The van der Waals surface area contributed by atoms with Crippen LogP contribution in [0.4, 0.5) is 13.2 Å². The Kier molecular flexibility index (Phi) is 8.13. The van der Waals surface area contributed by atoms with Crippen LogP contribution in [0.15, 0.2) is 116 Å². The monoisotopic (exact) mass is 604 g/mol. The zero-order chi connectivity index (χ0) is 31.8. The summed E-state index contributed by atoms with van der Waals surface area (Å²) in [5.41, 5.74) is 6.37. The summed E-state index contributed by atoms with van der Waals surface area (Å²) < 4.78 is 48.9. The number of allylic oxidation sites excluding steroid dienone is 1. The SMILES string of the molecule is C=CC(=O)OCCCCCC1(C(=C)CC)c2ccccc2-c2ccc(-c3c4ccccc4c(C(F)(F)F)c4ccccc34)cc21. The van der Waals surface area contributed by atoms with E-state index in [0.29, 0.717) is 17.4 Å². The van der Waals surface area contributed by atoms with Gasteiger partial charge in [-0.25, -0.2) is 4.79 Å². The summed E-state index contributed by atoms with van der Waals surface area (Å²) in [6.45, 7) is 10.5. The van der Waals surface area contributed by atoms with Crippen LogP contribution in [-0.4, -0.2) is 12.6 Å². The number of ether oxygens (including phenoxy) is 1. The first kappa shape index (κ1) is 30.4. The molecular weight excluding hydrogens is 569 g/mol. The van der Waals surface area contributed by atoms with E-state index < -0.39 is 23.1 Å². The van der Waals surface area contributed by atoms with Crippen LogP contribution in [0.1, 0.15) is 55.7 Å². The second kappa shape index (κ2) is 12.0. The number of halogens is 3. The van der Waals surface area contributed by atoms with Crippen LogP contribution < -0.4 is 0 Å². The largest absolute Gasteiger partial charge is 0.463 e. The number of carbonyl (C=O) groups excluding carboxylic acids is 1. The van der Waals surface area contributed by atoms with Gasteiger partial charge >= 0.3 is 12.1 Å². The molecule has 6 rings (SSSR count). The first-order valence-electron chi connectivity index (χ1n) is 15.4. The third-order valence-electron chi connectivity index (χ3n) is 9.30. The third-order valence-corrected chi connectivity index (χ3v) is 9.30. The van der Waals surface area contributed by atoms with Gasteiger partial charge in [-0.05, 0) is 80.3 Å². The van der Waals surface area contributed by atoms with Gasteiger partial charge in [-0.2, -0.15) is 13.2 Å². The standard InChI is InChI=1S/C40H35F3O2/c1-4-26(3)39(23-13-6-14-24-45-36(44)5-2)34-20-12-11-15-28(34)29-22-21-27(25-35(29)39)37-30-16-7-9-18-32(30)38(40(41,42)43)33-19-10-8-17-31(33)37/h5,7-12,15-22,25H,2-4,6,13-14,23-24H2,1H3. The van der Waals surface area contributed by atoms with Crippen molar-refractivity contribution < 1.29 is 22.7 Å². The highest BCUT2D eigenvalue weighted by Crippen LogP contribution is 2.57. The Morgan fingerprint density at radius 1 is 0.800 bits per heavy atom. The highest BCUT2D eigenvalue weighted by atomic mass is 19.4. The van der Waals surface area contributed by atoms with Crippen molar-refractivity contribution in [2.75, 3.05) is 6.61 Å². The van der Waals surface area contributed by atoms with Gasteiger partial charge in [-0.3, -0.25) is 0 Å². The van der Waals surface area contributed by atoms with Crippen LogP contribution in [0.25, 0.3) is 43.8 Å². The van der Waals surface area contributed by atoms with Crippen molar-refractivity contribution in [1.82, 2.24) is 0 Å². The number of hydrogen-bond donors (Lipinski definition) is 0. The first-order chi connectivity index (χ1) is 21.7. The van der Waals surface area contributed by atoms with Crippen molar-refractivity contribution >= 4 is 27.5 Å². The fraction of sp³-hybridized carbons (Fsp3) is 0.225. The lowest BCUT2D eigenvalue weighted by atomic mass is 9.68. The summed E-state index contributed by atoms with van der Waals surface area (Å²) in [5.74, 6) is -0.416. The molecule has 45 heavy (non-hydrogen) atoms. The Bertz CT molecular complexity index is 1890. The molecule has 0 saturated heterocycles. The fourth-order valence-electron chi connectivity index (χ4n) is 7.30. The van der Waals surface area contributed by atoms with Crippen LogP contribution in [0.3, 0.4) is 0 Å². The molecule has 5 aromatic carbocycles. The van der Waals surface area contributed by atoms with Crippen LogP contribution in [0, 0.1) is 0 Å². The minimum atomic E-state index is -4.50. The van der Waals surface area contributed by atoms with Crippen molar-refractivity contribution in [2.24, 2.45) is 0 Å². The molecule has 1 atom stereocenters. The first-order valence-corrected chi connectivity index (χ1v) is 15.4. The summed E-state index contributed by atoms with van der Waals surface area (Å²) >= 11 is 0. The van der Waals surface area contributed by atoms with E-state index in [1.807, 2.05) is 6.07 Å². The molecule has 228 valence electrons. The van der Waals surface area contributed by atoms with Gasteiger partial charge in [0.2, 0.25) is 0 Å². The minimum absolute atomic E-state index is 0.198. The van der Waals surface area contributed by atoms with Crippen molar-refractivity contribution in [2.45, 2.75) is 50.6 Å². The Labute approximate surface area is 261 Å². The molecule has 0 spiro atoms. The molecule has 0 heterocycles. The number of benzene rings is 5. The zero-order valence-corrected chi connectivity index (χ0v) is 25.3. The lowest BCUT2D eigenvalue weighted by molar-refractivity contribution is -0.138.